The molecule has 0 saturated heterocycles. The Kier molecular flexibility index (Phi) is 5.42. The lowest BCUT2D eigenvalue weighted by molar-refractivity contribution is 0.0979. The van der Waals surface area contributed by atoms with Crippen LogP contribution in [0.2, 0.25) is 0 Å². The summed E-state index contributed by atoms with van der Waals surface area (Å²) in [5, 5.41) is 5.65. The molecule has 0 N–H and O–H groups in total. The number of ether oxygens (including phenoxy) is 1. The van der Waals surface area contributed by atoms with Crippen LogP contribution in [0.4, 0.5) is 5.69 Å². The molecule has 1 aromatic heterocycles. The molecule has 166 valence electrons. The van der Waals surface area contributed by atoms with Crippen LogP contribution in [0.5, 0.6) is 5.75 Å². The van der Waals surface area contributed by atoms with Crippen molar-refractivity contribution >= 4 is 22.4 Å². The van der Waals surface area contributed by atoms with E-state index in [-0.39, 0.29) is 17.2 Å². The second-order valence-corrected chi connectivity index (χ2v) is 8.31. The van der Waals surface area contributed by atoms with Gasteiger partial charge in [0.05, 0.1) is 24.7 Å². The molecule has 6 nitrogen and oxygen atoms in total. The number of fused-ring (bicyclic) bond motifs is 2. The molecule has 6 heteroatoms. The zero-order valence-electron chi connectivity index (χ0n) is 18.7. The molecule has 0 spiro atoms. The van der Waals surface area contributed by atoms with E-state index in [4.69, 9.17) is 4.74 Å². The summed E-state index contributed by atoms with van der Waals surface area (Å²) < 4.78 is 7.02. The molecule has 33 heavy (non-hydrogen) atoms. The van der Waals surface area contributed by atoms with E-state index in [9.17, 15) is 9.59 Å². The first-order valence-electron chi connectivity index (χ1n) is 11.1. The molecule has 1 aliphatic rings. The molecule has 5 rings (SSSR count). The standard InChI is InChI=1S/C27H25N3O3/c1-18-14-15-23(33-2)25-20(18)13-8-16-29(25)27(32)24-21-11-6-7-12-22(21)26(31)30(28-24)17-19-9-4-3-5-10-19/h3-7,9-12,14-15H,8,13,16-17H2,1-2H3. The number of rotatable bonds is 4. The highest BCUT2D eigenvalue weighted by molar-refractivity contribution is 6.13. The van der Waals surface area contributed by atoms with Crippen molar-refractivity contribution in [3.05, 3.63) is 99.5 Å². The summed E-state index contributed by atoms with van der Waals surface area (Å²) in [4.78, 5) is 28.9. The van der Waals surface area contributed by atoms with Crippen LogP contribution in [-0.4, -0.2) is 29.3 Å². The van der Waals surface area contributed by atoms with Gasteiger partial charge in [-0.2, -0.15) is 5.10 Å². The summed E-state index contributed by atoms with van der Waals surface area (Å²) in [5.41, 5.74) is 4.07. The topological polar surface area (TPSA) is 64.4 Å². The van der Waals surface area contributed by atoms with Crippen molar-refractivity contribution in [3.63, 3.8) is 0 Å². The summed E-state index contributed by atoms with van der Waals surface area (Å²) in [5.74, 6) is 0.448. The van der Waals surface area contributed by atoms with Gasteiger partial charge in [0, 0.05) is 11.9 Å². The number of hydrogen-bond acceptors (Lipinski definition) is 4. The molecular formula is C27H25N3O3. The molecule has 0 fully saturated rings. The van der Waals surface area contributed by atoms with Crippen LogP contribution >= 0.6 is 0 Å². The van der Waals surface area contributed by atoms with Gasteiger partial charge in [-0.3, -0.25) is 9.59 Å². The minimum atomic E-state index is -0.224. The van der Waals surface area contributed by atoms with Gasteiger partial charge in [-0.05, 0) is 48.6 Å². The van der Waals surface area contributed by atoms with Crippen LogP contribution in [0.15, 0.2) is 71.5 Å². The number of amides is 1. The molecule has 3 aromatic carbocycles. The van der Waals surface area contributed by atoms with Gasteiger partial charge in [-0.15, -0.1) is 0 Å². The van der Waals surface area contributed by atoms with Crippen LogP contribution < -0.4 is 15.2 Å². The van der Waals surface area contributed by atoms with Crippen LogP contribution in [0.3, 0.4) is 0 Å². The normalized spacial score (nSPS) is 13.1. The third-order valence-electron chi connectivity index (χ3n) is 6.27. The summed E-state index contributed by atoms with van der Waals surface area (Å²) in [6.07, 6.45) is 1.75. The predicted molar refractivity (Wildman–Crippen MR) is 129 cm³/mol. The van der Waals surface area contributed by atoms with Crippen molar-refractivity contribution in [3.8, 4) is 5.75 Å². The smallest absolute Gasteiger partial charge is 0.279 e. The Morgan fingerprint density at radius 3 is 2.48 bits per heavy atom. The molecule has 4 aromatic rings. The van der Waals surface area contributed by atoms with Crippen LogP contribution in [-0.2, 0) is 13.0 Å². The molecule has 0 aliphatic carbocycles. The number of nitrogens with zero attached hydrogens (tertiary/aromatic N) is 3. The average Bonchev–Trinajstić information content (AvgIpc) is 2.86. The van der Waals surface area contributed by atoms with Gasteiger partial charge in [-0.1, -0.05) is 54.6 Å². The maximum absolute atomic E-state index is 14.0. The highest BCUT2D eigenvalue weighted by atomic mass is 16.5. The Balaban J connectivity index is 1.67. The second-order valence-electron chi connectivity index (χ2n) is 8.31. The molecule has 2 heterocycles. The maximum Gasteiger partial charge on any atom is 0.279 e. The van der Waals surface area contributed by atoms with Crippen LogP contribution in [0, 0.1) is 6.92 Å². The highest BCUT2D eigenvalue weighted by Gasteiger charge is 2.30. The number of methoxy groups -OCH3 is 1. The monoisotopic (exact) mass is 439 g/mol. The fourth-order valence-corrected chi connectivity index (χ4v) is 4.61. The van der Waals surface area contributed by atoms with Gasteiger partial charge < -0.3 is 9.64 Å². The van der Waals surface area contributed by atoms with E-state index in [0.29, 0.717) is 29.6 Å². The van der Waals surface area contributed by atoms with E-state index in [2.05, 4.69) is 12.0 Å². The van der Waals surface area contributed by atoms with Gasteiger partial charge in [0.2, 0.25) is 0 Å². The Hall–Kier alpha value is -3.93. The number of aromatic nitrogens is 2. The lowest BCUT2D eigenvalue weighted by Crippen LogP contribution is -2.38. The minimum Gasteiger partial charge on any atom is -0.495 e. The predicted octanol–water partition coefficient (Wildman–Crippen LogP) is 4.35. The highest BCUT2D eigenvalue weighted by Crippen LogP contribution is 2.39. The lowest BCUT2D eigenvalue weighted by Gasteiger charge is -2.32. The maximum atomic E-state index is 14.0. The van der Waals surface area contributed by atoms with Gasteiger partial charge >= 0.3 is 0 Å². The van der Waals surface area contributed by atoms with E-state index in [1.807, 2.05) is 54.6 Å². The lowest BCUT2D eigenvalue weighted by atomic mass is 9.95. The van der Waals surface area contributed by atoms with E-state index >= 15 is 0 Å². The Morgan fingerprint density at radius 1 is 1.00 bits per heavy atom. The number of carbonyl (C=O) groups excluding carboxylic acids is 1. The summed E-state index contributed by atoms with van der Waals surface area (Å²) in [7, 11) is 1.62. The number of aryl methyl sites for hydroxylation is 1. The molecule has 0 radical (unpaired) electrons. The Bertz CT molecular complexity index is 1410. The van der Waals surface area contributed by atoms with Gasteiger partial charge in [0.15, 0.2) is 5.69 Å². The third kappa shape index (κ3) is 3.67. The molecule has 1 aliphatic heterocycles. The Labute approximate surface area is 192 Å². The van der Waals surface area contributed by atoms with Gasteiger partial charge in [0.25, 0.3) is 11.5 Å². The van der Waals surface area contributed by atoms with Crippen molar-refractivity contribution in [2.24, 2.45) is 0 Å². The number of benzene rings is 3. The quantitative estimate of drug-likeness (QED) is 0.474. The van der Waals surface area contributed by atoms with E-state index in [1.54, 1.807) is 24.1 Å². The SMILES string of the molecule is COc1ccc(C)c2c1N(C(=O)c1nn(Cc3ccccc3)c(=O)c3ccccc13)CCC2. The largest absolute Gasteiger partial charge is 0.495 e. The number of anilines is 1. The van der Waals surface area contributed by atoms with Gasteiger partial charge in [0.1, 0.15) is 5.75 Å². The fraction of sp³-hybridized carbons (Fsp3) is 0.222. The molecule has 0 atom stereocenters. The van der Waals surface area contributed by atoms with E-state index < -0.39 is 0 Å². The molecular weight excluding hydrogens is 414 g/mol. The second kappa shape index (κ2) is 8.54. The molecule has 0 unspecified atom stereocenters. The van der Waals surface area contributed by atoms with Crippen LogP contribution in [0.25, 0.3) is 10.8 Å². The minimum absolute atomic E-state index is 0.210. The van der Waals surface area contributed by atoms with Crippen molar-refractivity contribution < 1.29 is 9.53 Å². The first kappa shape index (κ1) is 20.9. The molecule has 0 bridgehead atoms. The molecule has 0 saturated carbocycles. The number of hydrogen-bond donors (Lipinski definition) is 0. The first-order valence-corrected chi connectivity index (χ1v) is 11.1. The summed E-state index contributed by atoms with van der Waals surface area (Å²) in [6, 6.07) is 20.8. The van der Waals surface area contributed by atoms with E-state index in [1.165, 1.54) is 4.68 Å². The zero-order valence-corrected chi connectivity index (χ0v) is 18.7. The molecule has 1 amide bonds. The average molecular weight is 440 g/mol. The zero-order chi connectivity index (χ0) is 22.9. The number of carbonyl (C=O) groups is 1. The first-order chi connectivity index (χ1) is 16.1. The fourth-order valence-electron chi connectivity index (χ4n) is 4.61. The van der Waals surface area contributed by atoms with Crippen molar-refractivity contribution in [1.29, 1.82) is 0 Å². The summed E-state index contributed by atoms with van der Waals surface area (Å²) >= 11 is 0. The van der Waals surface area contributed by atoms with E-state index in [0.717, 1.165) is 35.2 Å². The van der Waals surface area contributed by atoms with Crippen molar-refractivity contribution in [1.82, 2.24) is 9.78 Å². The van der Waals surface area contributed by atoms with Crippen LogP contribution in [0.1, 0.15) is 33.6 Å². The van der Waals surface area contributed by atoms with Gasteiger partial charge in [-0.25, -0.2) is 4.68 Å². The summed E-state index contributed by atoms with van der Waals surface area (Å²) in [6.45, 7) is 2.92. The third-order valence-corrected chi connectivity index (χ3v) is 6.27. The van der Waals surface area contributed by atoms with Crippen molar-refractivity contribution in [2.75, 3.05) is 18.6 Å². The van der Waals surface area contributed by atoms with Crippen molar-refractivity contribution in [2.45, 2.75) is 26.3 Å². The Morgan fingerprint density at radius 2 is 1.73 bits per heavy atom.